The van der Waals surface area contributed by atoms with Gasteiger partial charge in [0.1, 0.15) is 22.1 Å². The van der Waals surface area contributed by atoms with Gasteiger partial charge in [0.25, 0.3) is 0 Å². The van der Waals surface area contributed by atoms with Gasteiger partial charge in [-0.25, -0.2) is 9.18 Å². The van der Waals surface area contributed by atoms with Crippen LogP contribution in [0.1, 0.15) is 76.0 Å². The van der Waals surface area contributed by atoms with Crippen LogP contribution in [0, 0.1) is 23.1 Å². The van der Waals surface area contributed by atoms with Crippen LogP contribution < -0.4 is 15.4 Å². The number of carbonyl (C=O) groups excluding carboxylic acids is 2. The molecule has 3 amide bonds. The third-order valence-electron chi connectivity index (χ3n) is 8.56. The number of anilines is 2. The SMILES string of the molecule is CC(C)(C)[S+]([O-])NC(CCC1CC1)(c1cccc(C#N)c1)c1ccc(F)c(NC(=O)[C@H]2CCCN2C(=O)Nc2ccc(Cl)cc2)c1. The van der Waals surface area contributed by atoms with E-state index in [1.807, 2.05) is 26.8 Å². The van der Waals surface area contributed by atoms with E-state index in [1.165, 1.54) is 11.0 Å². The van der Waals surface area contributed by atoms with E-state index in [1.54, 1.807) is 54.6 Å². The van der Waals surface area contributed by atoms with Crippen LogP contribution in [0.4, 0.5) is 20.6 Å². The normalized spacial score (nSPS) is 18.4. The minimum Gasteiger partial charge on any atom is -0.598 e. The second-order valence-electron chi connectivity index (χ2n) is 13.0. The fourth-order valence-electron chi connectivity index (χ4n) is 5.73. The molecule has 3 atom stereocenters. The van der Waals surface area contributed by atoms with Crippen molar-refractivity contribution in [3.05, 3.63) is 94.3 Å². The van der Waals surface area contributed by atoms with E-state index in [4.69, 9.17) is 11.6 Å². The molecule has 2 aliphatic rings. The molecule has 11 heteroatoms. The quantitative estimate of drug-likeness (QED) is 0.194. The van der Waals surface area contributed by atoms with Crippen LogP contribution in [-0.2, 0) is 21.7 Å². The Morgan fingerprint density at radius 3 is 2.43 bits per heavy atom. The molecule has 1 aliphatic carbocycles. The van der Waals surface area contributed by atoms with Crippen molar-refractivity contribution in [2.75, 3.05) is 17.2 Å². The van der Waals surface area contributed by atoms with E-state index < -0.39 is 45.4 Å². The largest absolute Gasteiger partial charge is 0.598 e. The van der Waals surface area contributed by atoms with E-state index in [2.05, 4.69) is 21.4 Å². The number of benzene rings is 3. The molecule has 0 bridgehead atoms. The third-order valence-corrected chi connectivity index (χ3v) is 10.5. The average molecular weight is 664 g/mol. The zero-order valence-corrected chi connectivity index (χ0v) is 27.8. The number of urea groups is 1. The van der Waals surface area contributed by atoms with Crippen LogP contribution in [0.25, 0.3) is 0 Å². The highest BCUT2D eigenvalue weighted by molar-refractivity contribution is 7.90. The lowest BCUT2D eigenvalue weighted by atomic mass is 9.79. The molecule has 0 radical (unpaired) electrons. The summed E-state index contributed by atoms with van der Waals surface area (Å²) in [5, 5.41) is 15.8. The molecule has 2 unspecified atom stereocenters. The number of likely N-dealkylation sites (tertiary alicyclic amines) is 1. The molecule has 0 aromatic heterocycles. The Balaban J connectivity index is 1.47. The maximum absolute atomic E-state index is 15.4. The molecule has 1 aliphatic heterocycles. The van der Waals surface area contributed by atoms with Gasteiger partial charge in [-0.3, -0.25) is 4.79 Å². The first kappa shape index (κ1) is 33.7. The molecule has 8 nitrogen and oxygen atoms in total. The van der Waals surface area contributed by atoms with Gasteiger partial charge in [-0.1, -0.05) is 42.6 Å². The highest BCUT2D eigenvalue weighted by atomic mass is 35.5. The number of carbonyl (C=O) groups is 2. The molecule has 2 fully saturated rings. The van der Waals surface area contributed by atoms with E-state index in [0.29, 0.717) is 53.6 Å². The van der Waals surface area contributed by atoms with Crippen molar-refractivity contribution in [2.24, 2.45) is 5.92 Å². The van der Waals surface area contributed by atoms with Crippen molar-refractivity contribution < 1.29 is 18.5 Å². The number of nitrogens with zero attached hydrogens (tertiary/aromatic N) is 2. The molecular weight excluding hydrogens is 625 g/mol. The highest BCUT2D eigenvalue weighted by Gasteiger charge is 2.44. The average Bonchev–Trinajstić information content (AvgIpc) is 3.73. The summed E-state index contributed by atoms with van der Waals surface area (Å²) >= 11 is 4.42. The molecule has 0 spiro atoms. The third kappa shape index (κ3) is 7.84. The summed E-state index contributed by atoms with van der Waals surface area (Å²) in [6, 6.07) is 19.3. The second-order valence-corrected chi connectivity index (χ2v) is 15.4. The van der Waals surface area contributed by atoms with E-state index in [-0.39, 0.29) is 5.69 Å². The monoisotopic (exact) mass is 663 g/mol. The van der Waals surface area contributed by atoms with Crippen LogP contribution in [0.15, 0.2) is 66.7 Å². The van der Waals surface area contributed by atoms with E-state index in [0.717, 1.165) is 24.8 Å². The Bertz CT molecular complexity index is 1620. The van der Waals surface area contributed by atoms with Gasteiger partial charge in [-0.15, -0.1) is 4.72 Å². The van der Waals surface area contributed by atoms with Crippen molar-refractivity contribution in [1.29, 1.82) is 5.26 Å². The Hall–Kier alpha value is -3.62. The molecule has 5 rings (SSSR count). The van der Waals surface area contributed by atoms with E-state index in [9.17, 15) is 19.4 Å². The molecule has 3 aromatic rings. The molecule has 1 heterocycles. The molecule has 1 saturated heterocycles. The maximum atomic E-state index is 15.4. The number of nitriles is 1. The van der Waals surface area contributed by atoms with Crippen LogP contribution >= 0.6 is 11.6 Å². The first-order chi connectivity index (χ1) is 21.9. The summed E-state index contributed by atoms with van der Waals surface area (Å²) in [6.45, 7) is 6.00. The molecule has 242 valence electrons. The Kier molecular flexibility index (Phi) is 10.3. The number of rotatable bonds is 10. The number of amides is 3. The van der Waals surface area contributed by atoms with Gasteiger partial charge in [0.15, 0.2) is 0 Å². The van der Waals surface area contributed by atoms with Gasteiger partial charge in [-0.05, 0) is 112 Å². The smallest absolute Gasteiger partial charge is 0.322 e. The van der Waals surface area contributed by atoms with Gasteiger partial charge < -0.3 is 20.1 Å². The topological polar surface area (TPSA) is 120 Å². The lowest BCUT2D eigenvalue weighted by molar-refractivity contribution is -0.119. The number of nitrogens with one attached hydrogen (secondary N) is 3. The summed E-state index contributed by atoms with van der Waals surface area (Å²) in [5.41, 5.74) is 1.25. The zero-order chi connectivity index (χ0) is 33.1. The fourth-order valence-corrected chi connectivity index (χ4v) is 6.82. The van der Waals surface area contributed by atoms with Crippen LogP contribution in [-0.4, -0.2) is 38.7 Å². The Labute approximate surface area is 278 Å². The van der Waals surface area contributed by atoms with Crippen LogP contribution in [0.5, 0.6) is 0 Å². The lowest BCUT2D eigenvalue weighted by Crippen LogP contribution is -2.52. The van der Waals surface area contributed by atoms with Gasteiger partial charge in [0.05, 0.1) is 17.3 Å². The van der Waals surface area contributed by atoms with Gasteiger partial charge in [0, 0.05) is 28.6 Å². The summed E-state index contributed by atoms with van der Waals surface area (Å²) in [6.07, 6.45) is 4.67. The maximum Gasteiger partial charge on any atom is 0.322 e. The van der Waals surface area contributed by atoms with Crippen molar-refractivity contribution in [3.63, 3.8) is 0 Å². The van der Waals surface area contributed by atoms with Crippen molar-refractivity contribution in [1.82, 2.24) is 9.62 Å². The first-order valence-electron chi connectivity index (χ1n) is 15.5. The molecule has 1 saturated carbocycles. The van der Waals surface area contributed by atoms with Crippen molar-refractivity contribution >= 4 is 46.3 Å². The number of hydrogen-bond acceptors (Lipinski definition) is 5. The predicted octanol–water partition coefficient (Wildman–Crippen LogP) is 7.47. The standard InChI is InChI=1S/C35H39ClFN5O3S/c1-34(2,3)46(45)41-35(18-17-23-9-10-23,25-7-4-6-24(20-25)22-38)26-11-16-29(37)30(21-26)40-32(43)31-8-5-19-42(31)33(44)39-28-14-12-27(36)13-15-28/h4,6-7,11-16,20-21,23,31,41H,5,8-10,17-19H2,1-3H3,(H,39,44)(H,40,43)/t31-,35?,46?/m1/s1. The number of halogens is 2. The van der Waals surface area contributed by atoms with Crippen molar-refractivity contribution in [3.8, 4) is 6.07 Å². The predicted molar refractivity (Wildman–Crippen MR) is 180 cm³/mol. The lowest BCUT2D eigenvalue weighted by Gasteiger charge is -2.39. The van der Waals surface area contributed by atoms with Crippen molar-refractivity contribution in [2.45, 2.75) is 75.6 Å². The summed E-state index contributed by atoms with van der Waals surface area (Å²) in [7, 11) is 0. The van der Waals surface area contributed by atoms with Crippen LogP contribution in [0.2, 0.25) is 5.02 Å². The minimum atomic E-state index is -1.54. The summed E-state index contributed by atoms with van der Waals surface area (Å²) < 4.78 is 32.0. The molecule has 46 heavy (non-hydrogen) atoms. The van der Waals surface area contributed by atoms with Gasteiger partial charge in [0.2, 0.25) is 5.91 Å². The number of hydrogen-bond donors (Lipinski definition) is 3. The second kappa shape index (κ2) is 14.0. The zero-order valence-electron chi connectivity index (χ0n) is 26.2. The Morgan fingerprint density at radius 1 is 1.04 bits per heavy atom. The molecular formula is C35H39ClFN5O3S. The van der Waals surface area contributed by atoms with E-state index >= 15 is 4.39 Å². The fraction of sp³-hybridized carbons (Fsp3) is 0.400. The van der Waals surface area contributed by atoms with Crippen LogP contribution in [0.3, 0.4) is 0 Å². The first-order valence-corrected chi connectivity index (χ1v) is 17.1. The van der Waals surface area contributed by atoms with Gasteiger partial charge >= 0.3 is 6.03 Å². The molecule has 3 aromatic carbocycles. The highest BCUT2D eigenvalue weighted by Crippen LogP contribution is 2.43. The summed E-state index contributed by atoms with van der Waals surface area (Å²) in [5.74, 6) is -0.595. The van der Waals surface area contributed by atoms with Gasteiger partial charge in [-0.2, -0.15) is 5.26 Å². The molecule has 3 N–H and O–H groups in total. The Morgan fingerprint density at radius 2 is 1.76 bits per heavy atom. The summed E-state index contributed by atoms with van der Waals surface area (Å²) in [4.78, 5) is 28.2. The minimum absolute atomic E-state index is 0.0389.